The van der Waals surface area contributed by atoms with E-state index in [9.17, 15) is 4.79 Å². The molecule has 0 atom stereocenters. The van der Waals surface area contributed by atoms with Gasteiger partial charge >= 0.3 is 5.97 Å². The highest BCUT2D eigenvalue weighted by Gasteiger charge is 2.18. The van der Waals surface area contributed by atoms with Crippen molar-refractivity contribution >= 4 is 83.8 Å². The van der Waals surface area contributed by atoms with Gasteiger partial charge in [-0.1, -0.05) is 41.4 Å². The van der Waals surface area contributed by atoms with Crippen LogP contribution in [0.2, 0.25) is 5.02 Å². The molecule has 0 saturated heterocycles. The van der Waals surface area contributed by atoms with Crippen LogP contribution < -0.4 is 10.6 Å². The minimum atomic E-state index is -0.450. The molecule has 0 spiro atoms. The third kappa shape index (κ3) is 4.96. The first-order chi connectivity index (χ1) is 15.3. The van der Waals surface area contributed by atoms with Crippen LogP contribution in [0.25, 0.3) is 10.1 Å². The standard InChI is InChI=1S/C22H18BrClN4O2S2/c1-12-3-5-13(6-4-12)10-28-11-16(23)20(27-28)26-22(31)25-14-7-8-15-17(9-14)32-19(18(15)24)21(29)30-2/h3-9,11H,10H2,1-2H3,(H2,25,26,27,31). The van der Waals surface area contributed by atoms with Crippen molar-refractivity contribution in [2.45, 2.75) is 13.5 Å². The molecule has 32 heavy (non-hydrogen) atoms. The maximum atomic E-state index is 11.9. The number of thiocarbonyl (C=S) groups is 1. The minimum absolute atomic E-state index is 0.380. The Morgan fingerprint density at radius 2 is 2.00 bits per heavy atom. The van der Waals surface area contributed by atoms with Crippen LogP contribution in [0.5, 0.6) is 0 Å². The molecule has 10 heteroatoms. The molecule has 0 aliphatic heterocycles. The summed E-state index contributed by atoms with van der Waals surface area (Å²) in [7, 11) is 1.33. The third-order valence-electron chi connectivity index (χ3n) is 4.67. The van der Waals surface area contributed by atoms with E-state index in [2.05, 4.69) is 62.9 Å². The molecule has 0 amide bonds. The van der Waals surface area contributed by atoms with Gasteiger partial charge in [0.05, 0.1) is 23.1 Å². The smallest absolute Gasteiger partial charge is 0.349 e. The van der Waals surface area contributed by atoms with E-state index >= 15 is 0 Å². The van der Waals surface area contributed by atoms with Crippen LogP contribution in [0, 0.1) is 6.92 Å². The predicted molar refractivity (Wildman–Crippen MR) is 138 cm³/mol. The predicted octanol–water partition coefficient (Wildman–Crippen LogP) is 6.47. The van der Waals surface area contributed by atoms with Crippen LogP contribution in [0.4, 0.5) is 11.5 Å². The number of anilines is 2. The number of benzene rings is 2. The normalized spacial score (nSPS) is 10.9. The summed E-state index contributed by atoms with van der Waals surface area (Å²) in [5.74, 6) is 0.164. The third-order valence-corrected chi connectivity index (χ3v) is 7.09. The lowest BCUT2D eigenvalue weighted by Gasteiger charge is -2.09. The number of rotatable bonds is 5. The number of carbonyl (C=O) groups excluding carboxylic acids is 1. The fraction of sp³-hybridized carbons (Fsp3) is 0.136. The minimum Gasteiger partial charge on any atom is -0.465 e. The topological polar surface area (TPSA) is 68.2 Å². The van der Waals surface area contributed by atoms with Gasteiger partial charge in [-0.15, -0.1) is 11.3 Å². The van der Waals surface area contributed by atoms with E-state index in [1.54, 1.807) is 0 Å². The Kier molecular flexibility index (Phi) is 6.80. The highest BCUT2D eigenvalue weighted by Crippen LogP contribution is 2.37. The number of methoxy groups -OCH3 is 1. The number of esters is 1. The maximum Gasteiger partial charge on any atom is 0.349 e. The Bertz CT molecular complexity index is 1320. The van der Waals surface area contributed by atoms with Crippen molar-refractivity contribution in [3.8, 4) is 0 Å². The summed E-state index contributed by atoms with van der Waals surface area (Å²) in [6, 6.07) is 13.9. The SMILES string of the molecule is COC(=O)c1sc2cc(NC(=S)Nc3nn(Cc4ccc(C)cc4)cc3Br)ccc2c1Cl. The molecule has 0 aliphatic carbocycles. The summed E-state index contributed by atoms with van der Waals surface area (Å²) in [4.78, 5) is 12.3. The van der Waals surface area contributed by atoms with Gasteiger partial charge in [0.25, 0.3) is 0 Å². The largest absolute Gasteiger partial charge is 0.465 e. The fourth-order valence-electron chi connectivity index (χ4n) is 3.08. The van der Waals surface area contributed by atoms with E-state index in [0.29, 0.717) is 27.4 Å². The van der Waals surface area contributed by atoms with Gasteiger partial charge in [-0.3, -0.25) is 4.68 Å². The summed E-state index contributed by atoms with van der Waals surface area (Å²) in [6.45, 7) is 2.71. The molecule has 0 unspecified atom stereocenters. The molecule has 2 aromatic carbocycles. The molecule has 0 bridgehead atoms. The number of ether oxygens (including phenoxy) is 1. The van der Waals surface area contributed by atoms with Gasteiger partial charge in [-0.2, -0.15) is 5.10 Å². The van der Waals surface area contributed by atoms with E-state index in [-0.39, 0.29) is 0 Å². The molecule has 4 rings (SSSR count). The molecule has 2 heterocycles. The summed E-state index contributed by atoms with van der Waals surface area (Å²) in [6.07, 6.45) is 1.90. The number of hydrogen-bond acceptors (Lipinski definition) is 5. The van der Waals surface area contributed by atoms with E-state index in [4.69, 9.17) is 28.6 Å². The molecule has 0 aliphatic rings. The van der Waals surface area contributed by atoms with Crippen molar-refractivity contribution in [2.24, 2.45) is 0 Å². The number of halogens is 2. The average Bonchev–Trinajstić information content (AvgIpc) is 3.27. The van der Waals surface area contributed by atoms with Gasteiger partial charge in [0.1, 0.15) is 4.88 Å². The van der Waals surface area contributed by atoms with Crippen LogP contribution in [-0.2, 0) is 11.3 Å². The summed E-state index contributed by atoms with van der Waals surface area (Å²) in [5.41, 5.74) is 3.14. The van der Waals surface area contributed by atoms with Gasteiger partial charge in [-0.25, -0.2) is 4.79 Å². The van der Waals surface area contributed by atoms with Crippen molar-refractivity contribution in [1.29, 1.82) is 0 Å². The highest BCUT2D eigenvalue weighted by atomic mass is 79.9. The first-order valence-corrected chi connectivity index (χ1v) is 11.9. The zero-order chi connectivity index (χ0) is 22.8. The van der Waals surface area contributed by atoms with Crippen molar-refractivity contribution in [2.75, 3.05) is 17.7 Å². The summed E-state index contributed by atoms with van der Waals surface area (Å²) in [5, 5.41) is 12.4. The summed E-state index contributed by atoms with van der Waals surface area (Å²) < 4.78 is 8.29. The van der Waals surface area contributed by atoms with Gasteiger partial charge in [0.2, 0.25) is 0 Å². The van der Waals surface area contributed by atoms with Crippen LogP contribution in [0.15, 0.2) is 53.1 Å². The van der Waals surface area contributed by atoms with E-state index in [1.807, 2.05) is 29.1 Å². The van der Waals surface area contributed by atoms with Crippen LogP contribution in [0.3, 0.4) is 0 Å². The molecular formula is C22H18BrClN4O2S2. The molecule has 0 fully saturated rings. The lowest BCUT2D eigenvalue weighted by molar-refractivity contribution is 0.0606. The monoisotopic (exact) mass is 548 g/mol. The van der Waals surface area contributed by atoms with Crippen LogP contribution in [0.1, 0.15) is 20.8 Å². The number of carbonyl (C=O) groups is 1. The van der Waals surface area contributed by atoms with Crippen molar-refractivity contribution in [3.05, 3.63) is 74.2 Å². The molecule has 2 aromatic heterocycles. The van der Waals surface area contributed by atoms with Gasteiger partial charge in [0.15, 0.2) is 10.9 Å². The number of thiophene rings is 1. The van der Waals surface area contributed by atoms with Crippen molar-refractivity contribution in [1.82, 2.24) is 9.78 Å². The zero-order valence-corrected chi connectivity index (χ0v) is 21.1. The first-order valence-electron chi connectivity index (χ1n) is 9.51. The van der Waals surface area contributed by atoms with Crippen LogP contribution >= 0.6 is 51.1 Å². The van der Waals surface area contributed by atoms with E-state index in [1.165, 1.54) is 24.0 Å². The van der Waals surface area contributed by atoms with Gasteiger partial charge in [-0.05, 0) is 58.8 Å². The van der Waals surface area contributed by atoms with E-state index < -0.39 is 5.97 Å². The molecule has 4 aromatic rings. The number of hydrogen-bond donors (Lipinski definition) is 2. The second-order valence-corrected chi connectivity index (χ2v) is 9.73. The highest BCUT2D eigenvalue weighted by molar-refractivity contribution is 9.10. The molecule has 6 nitrogen and oxygen atoms in total. The quantitative estimate of drug-likeness (QED) is 0.220. The Hall–Kier alpha value is -2.46. The number of aromatic nitrogens is 2. The summed E-state index contributed by atoms with van der Waals surface area (Å²) >= 11 is 16.6. The Labute approximate surface area is 207 Å². The molecule has 0 saturated carbocycles. The lowest BCUT2D eigenvalue weighted by Crippen LogP contribution is -2.19. The Balaban J connectivity index is 1.45. The number of nitrogens with one attached hydrogen (secondary N) is 2. The van der Waals surface area contributed by atoms with Gasteiger partial charge < -0.3 is 15.4 Å². The van der Waals surface area contributed by atoms with Gasteiger partial charge in [0, 0.05) is 22.0 Å². The number of nitrogens with zero attached hydrogens (tertiary/aromatic N) is 2. The maximum absolute atomic E-state index is 11.9. The molecule has 2 N–H and O–H groups in total. The number of fused-ring (bicyclic) bond motifs is 1. The van der Waals surface area contributed by atoms with E-state index in [0.717, 1.165) is 25.8 Å². The second kappa shape index (κ2) is 9.58. The number of aryl methyl sites for hydroxylation is 1. The first kappa shape index (κ1) is 22.7. The fourth-order valence-corrected chi connectivity index (χ4v) is 5.18. The molecule has 164 valence electrons. The molecule has 0 radical (unpaired) electrons. The van der Waals surface area contributed by atoms with Crippen LogP contribution in [-0.4, -0.2) is 28.0 Å². The van der Waals surface area contributed by atoms with Crippen molar-refractivity contribution in [3.63, 3.8) is 0 Å². The second-order valence-electron chi connectivity index (χ2n) is 7.04. The zero-order valence-electron chi connectivity index (χ0n) is 17.1. The Morgan fingerprint density at radius 1 is 1.25 bits per heavy atom. The molecular weight excluding hydrogens is 532 g/mol. The van der Waals surface area contributed by atoms with Crippen molar-refractivity contribution < 1.29 is 9.53 Å². The average molecular weight is 550 g/mol. The lowest BCUT2D eigenvalue weighted by atomic mass is 10.1. The Morgan fingerprint density at radius 3 is 2.72 bits per heavy atom.